The molecule has 0 aliphatic rings. The summed E-state index contributed by atoms with van der Waals surface area (Å²) in [5, 5.41) is 3.74. The van der Waals surface area contributed by atoms with Crippen molar-refractivity contribution in [2.24, 2.45) is 0 Å². The lowest BCUT2D eigenvalue weighted by Crippen LogP contribution is -2.12. The zero-order valence-electron chi connectivity index (χ0n) is 11.2. The van der Waals surface area contributed by atoms with Crippen molar-refractivity contribution < 1.29 is 9.21 Å². The number of hydrogen-bond acceptors (Lipinski definition) is 4. The van der Waals surface area contributed by atoms with Crippen molar-refractivity contribution in [3.05, 3.63) is 53.9 Å². The van der Waals surface area contributed by atoms with Gasteiger partial charge >= 0.3 is 0 Å². The van der Waals surface area contributed by atoms with E-state index >= 15 is 0 Å². The Kier molecular flexibility index (Phi) is 2.95. The second kappa shape index (κ2) is 4.77. The fraction of sp³-hybridized carbons (Fsp3) is 0.133. The van der Waals surface area contributed by atoms with Crippen LogP contribution in [0.2, 0.25) is 0 Å². The molecule has 0 atom stereocenters. The molecule has 1 aromatic carbocycles. The number of benzene rings is 1. The van der Waals surface area contributed by atoms with Gasteiger partial charge in [0, 0.05) is 18.5 Å². The summed E-state index contributed by atoms with van der Waals surface area (Å²) in [7, 11) is 0. The number of rotatable bonds is 2. The lowest BCUT2D eigenvalue weighted by atomic mass is 10.1. The van der Waals surface area contributed by atoms with Gasteiger partial charge in [-0.05, 0) is 30.7 Å². The number of nitrogens with one attached hydrogen (secondary N) is 1. The maximum atomic E-state index is 12.1. The molecule has 0 bridgehead atoms. The van der Waals surface area contributed by atoms with Crippen LogP contribution in [0.15, 0.2) is 41.1 Å². The summed E-state index contributed by atoms with van der Waals surface area (Å²) in [6.45, 7) is 3.68. The third kappa shape index (κ3) is 2.14. The average Bonchev–Trinajstić information content (AvgIpc) is 2.89. The maximum absolute atomic E-state index is 12.1. The normalized spacial score (nSPS) is 10.7. The smallest absolute Gasteiger partial charge is 0.277 e. The van der Waals surface area contributed by atoms with Crippen molar-refractivity contribution in [2.45, 2.75) is 13.8 Å². The molecule has 3 rings (SSSR count). The van der Waals surface area contributed by atoms with E-state index in [-0.39, 0.29) is 11.6 Å². The summed E-state index contributed by atoms with van der Waals surface area (Å²) in [6.07, 6.45) is 3.08. The Hall–Kier alpha value is -2.69. The minimum atomic E-state index is -0.296. The molecule has 100 valence electrons. The Morgan fingerprint density at radius 2 is 2.10 bits per heavy atom. The first-order valence-electron chi connectivity index (χ1n) is 6.23. The quantitative estimate of drug-likeness (QED) is 0.774. The van der Waals surface area contributed by atoms with Crippen molar-refractivity contribution >= 4 is 22.5 Å². The van der Waals surface area contributed by atoms with Gasteiger partial charge < -0.3 is 9.73 Å². The molecule has 1 amide bonds. The molecule has 0 saturated carbocycles. The van der Waals surface area contributed by atoms with Crippen molar-refractivity contribution in [3.63, 3.8) is 0 Å². The van der Waals surface area contributed by atoms with Gasteiger partial charge in [0.1, 0.15) is 6.26 Å². The lowest BCUT2D eigenvalue weighted by Gasteiger charge is -2.08. The number of hydrogen-bond donors (Lipinski definition) is 1. The second-order valence-electron chi connectivity index (χ2n) is 4.54. The summed E-state index contributed by atoms with van der Waals surface area (Å²) < 4.78 is 5.05. The molecule has 0 spiro atoms. The zero-order valence-corrected chi connectivity index (χ0v) is 11.2. The van der Waals surface area contributed by atoms with Crippen molar-refractivity contribution in [3.8, 4) is 0 Å². The predicted molar refractivity (Wildman–Crippen MR) is 75.7 cm³/mol. The fourth-order valence-corrected chi connectivity index (χ4v) is 2.08. The van der Waals surface area contributed by atoms with Gasteiger partial charge in [-0.3, -0.25) is 9.78 Å². The van der Waals surface area contributed by atoms with Crippen LogP contribution < -0.4 is 5.32 Å². The largest absolute Gasteiger partial charge is 0.448 e. The molecule has 0 saturated heterocycles. The minimum Gasteiger partial charge on any atom is -0.448 e. The summed E-state index contributed by atoms with van der Waals surface area (Å²) in [5.74, 6) is 0.168. The summed E-state index contributed by atoms with van der Waals surface area (Å²) in [6, 6.07) is 7.57. The highest BCUT2D eigenvalue weighted by Gasteiger charge is 2.13. The summed E-state index contributed by atoms with van der Waals surface area (Å²) in [5.41, 5.74) is 2.92. The fourth-order valence-electron chi connectivity index (χ4n) is 2.08. The van der Waals surface area contributed by atoms with Crippen LogP contribution in [0.25, 0.3) is 10.9 Å². The molecule has 0 aliphatic carbocycles. The van der Waals surface area contributed by atoms with Gasteiger partial charge in [0.2, 0.25) is 0 Å². The molecule has 0 fully saturated rings. The SMILES string of the molecule is Cc1nc(C(=O)Nc2ccc(C)c3ncccc23)co1. The van der Waals surface area contributed by atoms with E-state index in [1.54, 1.807) is 13.1 Å². The number of fused-ring (bicyclic) bond motifs is 1. The van der Waals surface area contributed by atoms with Crippen LogP contribution >= 0.6 is 0 Å². The molecule has 3 aromatic rings. The number of anilines is 1. The molecular formula is C15H13N3O2. The monoisotopic (exact) mass is 267 g/mol. The standard InChI is InChI=1S/C15H13N3O2/c1-9-5-6-12(11-4-3-7-16-14(9)11)18-15(19)13-8-20-10(2)17-13/h3-8H,1-2H3,(H,18,19). The van der Waals surface area contributed by atoms with Crippen molar-refractivity contribution in [1.82, 2.24) is 9.97 Å². The van der Waals surface area contributed by atoms with E-state index in [1.807, 2.05) is 31.2 Å². The Morgan fingerprint density at radius 3 is 2.85 bits per heavy atom. The maximum Gasteiger partial charge on any atom is 0.277 e. The van der Waals surface area contributed by atoms with Crippen LogP contribution in [0.3, 0.4) is 0 Å². The zero-order chi connectivity index (χ0) is 14.1. The topological polar surface area (TPSA) is 68.0 Å². The van der Waals surface area contributed by atoms with E-state index in [9.17, 15) is 4.79 Å². The molecular weight excluding hydrogens is 254 g/mol. The molecule has 2 aromatic heterocycles. The number of carbonyl (C=O) groups excluding carboxylic acids is 1. The van der Waals surface area contributed by atoms with Gasteiger partial charge in [-0.2, -0.15) is 0 Å². The van der Waals surface area contributed by atoms with Crippen LogP contribution in [0.5, 0.6) is 0 Å². The molecule has 0 aliphatic heterocycles. The van der Waals surface area contributed by atoms with Gasteiger partial charge in [-0.15, -0.1) is 0 Å². The highest BCUT2D eigenvalue weighted by molar-refractivity contribution is 6.07. The van der Waals surface area contributed by atoms with Crippen LogP contribution in [0.1, 0.15) is 21.9 Å². The van der Waals surface area contributed by atoms with E-state index in [4.69, 9.17) is 4.42 Å². The molecule has 5 nitrogen and oxygen atoms in total. The molecule has 1 N–H and O–H groups in total. The number of carbonyl (C=O) groups is 1. The number of aromatic nitrogens is 2. The van der Waals surface area contributed by atoms with Gasteiger partial charge in [-0.1, -0.05) is 6.07 Å². The molecule has 2 heterocycles. The van der Waals surface area contributed by atoms with E-state index in [0.717, 1.165) is 16.5 Å². The summed E-state index contributed by atoms with van der Waals surface area (Å²) >= 11 is 0. The highest BCUT2D eigenvalue weighted by Crippen LogP contribution is 2.24. The number of aryl methyl sites for hydroxylation is 2. The second-order valence-corrected chi connectivity index (χ2v) is 4.54. The van der Waals surface area contributed by atoms with Crippen LogP contribution in [0, 0.1) is 13.8 Å². The Bertz CT molecular complexity index is 793. The van der Waals surface area contributed by atoms with Gasteiger partial charge in [0.15, 0.2) is 11.6 Å². The first-order chi connectivity index (χ1) is 9.65. The van der Waals surface area contributed by atoms with E-state index in [1.165, 1.54) is 6.26 Å². The predicted octanol–water partition coefficient (Wildman–Crippen LogP) is 3.09. The Labute approximate surface area is 115 Å². The van der Waals surface area contributed by atoms with Gasteiger partial charge in [0.05, 0.1) is 11.2 Å². The van der Waals surface area contributed by atoms with Crippen LogP contribution in [-0.4, -0.2) is 15.9 Å². The Balaban J connectivity index is 1.99. The number of pyridine rings is 1. The summed E-state index contributed by atoms with van der Waals surface area (Å²) in [4.78, 5) is 20.5. The van der Waals surface area contributed by atoms with Crippen molar-refractivity contribution in [1.29, 1.82) is 0 Å². The first kappa shape index (κ1) is 12.3. The van der Waals surface area contributed by atoms with Crippen LogP contribution in [0.4, 0.5) is 5.69 Å². The molecule has 0 radical (unpaired) electrons. The molecule has 20 heavy (non-hydrogen) atoms. The third-order valence-corrected chi connectivity index (χ3v) is 3.07. The van der Waals surface area contributed by atoms with E-state index in [0.29, 0.717) is 11.6 Å². The van der Waals surface area contributed by atoms with Crippen molar-refractivity contribution in [2.75, 3.05) is 5.32 Å². The first-order valence-corrected chi connectivity index (χ1v) is 6.23. The number of nitrogens with zero attached hydrogens (tertiary/aromatic N) is 2. The van der Waals surface area contributed by atoms with E-state index in [2.05, 4.69) is 15.3 Å². The molecule has 0 unspecified atom stereocenters. The minimum absolute atomic E-state index is 0.264. The van der Waals surface area contributed by atoms with Gasteiger partial charge in [-0.25, -0.2) is 4.98 Å². The Morgan fingerprint density at radius 1 is 1.25 bits per heavy atom. The van der Waals surface area contributed by atoms with Crippen LogP contribution in [-0.2, 0) is 0 Å². The average molecular weight is 267 g/mol. The molecule has 5 heteroatoms. The lowest BCUT2D eigenvalue weighted by molar-refractivity contribution is 0.102. The number of oxazole rings is 1. The number of amides is 1. The van der Waals surface area contributed by atoms with Gasteiger partial charge in [0.25, 0.3) is 5.91 Å². The van der Waals surface area contributed by atoms with E-state index < -0.39 is 0 Å². The third-order valence-electron chi connectivity index (χ3n) is 3.07. The highest BCUT2D eigenvalue weighted by atomic mass is 16.3.